The van der Waals surface area contributed by atoms with Crippen molar-refractivity contribution in [1.82, 2.24) is 14.3 Å². The third-order valence-corrected chi connectivity index (χ3v) is 5.35. The van der Waals surface area contributed by atoms with E-state index < -0.39 is 0 Å². The summed E-state index contributed by atoms with van der Waals surface area (Å²) in [5.41, 5.74) is 1.42. The Balaban J connectivity index is 1.91. The number of nitrogens with zero attached hydrogens (tertiary/aromatic N) is 3. The number of carbonyl (C=O) groups excluding carboxylic acids is 1. The van der Waals surface area contributed by atoms with Crippen LogP contribution in [0.2, 0.25) is 0 Å². The van der Waals surface area contributed by atoms with Gasteiger partial charge in [0.05, 0.1) is 24.0 Å². The molecule has 0 saturated carbocycles. The topological polar surface area (TPSA) is 79.5 Å². The third kappa shape index (κ3) is 3.14. The fraction of sp³-hybridized carbons (Fsp3) is 0.474. The molecule has 2 N–H and O–H groups in total. The average Bonchev–Trinajstić information content (AvgIpc) is 2.85. The van der Waals surface area contributed by atoms with Gasteiger partial charge in [0.1, 0.15) is 5.69 Å². The summed E-state index contributed by atoms with van der Waals surface area (Å²) < 4.78 is 3.27. The third-order valence-electron chi connectivity index (χ3n) is 5.35. The molecule has 26 heavy (non-hydrogen) atoms. The quantitative estimate of drug-likeness (QED) is 0.882. The molecule has 1 fully saturated rings. The van der Waals surface area contributed by atoms with Crippen molar-refractivity contribution < 1.29 is 9.90 Å². The number of nitrogens with one attached hydrogen (secondary N) is 1. The second kappa shape index (κ2) is 7.37. The van der Waals surface area contributed by atoms with Crippen molar-refractivity contribution in [1.29, 1.82) is 0 Å². The van der Waals surface area contributed by atoms with Crippen molar-refractivity contribution >= 4 is 11.7 Å². The summed E-state index contributed by atoms with van der Waals surface area (Å²) in [6.07, 6.45) is 1.88. The summed E-state index contributed by atoms with van der Waals surface area (Å²) in [6, 6.07) is 8.76. The molecule has 0 bridgehead atoms. The van der Waals surface area contributed by atoms with Crippen LogP contribution in [0.4, 0.5) is 10.5 Å². The Bertz CT molecular complexity index is 840. The Morgan fingerprint density at radius 2 is 2.00 bits per heavy atom. The number of hydrogen-bond acceptors (Lipinski definition) is 3. The molecule has 0 aliphatic carbocycles. The molecule has 1 aromatic carbocycles. The van der Waals surface area contributed by atoms with E-state index in [2.05, 4.69) is 5.32 Å². The van der Waals surface area contributed by atoms with Crippen LogP contribution >= 0.6 is 0 Å². The predicted octanol–water partition coefficient (Wildman–Crippen LogP) is 2.11. The molecule has 3 rings (SSSR count). The number of amides is 2. The van der Waals surface area contributed by atoms with E-state index in [9.17, 15) is 14.7 Å². The Kier molecular flexibility index (Phi) is 5.18. The zero-order valence-corrected chi connectivity index (χ0v) is 15.5. The number of anilines is 1. The number of urea groups is 1. The number of aromatic nitrogens is 2. The molecular weight excluding hydrogens is 332 g/mol. The second-order valence-corrected chi connectivity index (χ2v) is 6.93. The van der Waals surface area contributed by atoms with Crippen molar-refractivity contribution in [3.63, 3.8) is 0 Å². The van der Waals surface area contributed by atoms with Crippen molar-refractivity contribution in [3.8, 4) is 5.69 Å². The highest BCUT2D eigenvalue weighted by molar-refractivity contribution is 5.90. The van der Waals surface area contributed by atoms with E-state index in [4.69, 9.17) is 0 Å². The molecule has 1 saturated heterocycles. The molecule has 2 amide bonds. The number of likely N-dealkylation sites (tertiary alicyclic amines) is 1. The van der Waals surface area contributed by atoms with Gasteiger partial charge in [-0.2, -0.15) is 0 Å². The Hall–Kier alpha value is -2.54. The molecule has 0 radical (unpaired) electrons. The first-order valence-electron chi connectivity index (χ1n) is 8.98. The van der Waals surface area contributed by atoms with Crippen LogP contribution in [0.5, 0.6) is 0 Å². The minimum Gasteiger partial charge on any atom is -0.394 e. The van der Waals surface area contributed by atoms with Gasteiger partial charge in [-0.25, -0.2) is 9.48 Å². The van der Waals surface area contributed by atoms with Gasteiger partial charge in [-0.1, -0.05) is 25.1 Å². The Morgan fingerprint density at radius 3 is 2.65 bits per heavy atom. The number of aliphatic hydroxyl groups excluding tert-OH is 1. The summed E-state index contributed by atoms with van der Waals surface area (Å²) in [5.74, 6) is 0.234. The van der Waals surface area contributed by atoms with E-state index in [0.29, 0.717) is 12.2 Å². The molecule has 7 nitrogen and oxygen atoms in total. The van der Waals surface area contributed by atoms with Crippen LogP contribution in [0.15, 0.2) is 35.1 Å². The van der Waals surface area contributed by atoms with E-state index >= 15 is 0 Å². The Labute approximate surface area is 152 Å². The molecule has 2 atom stereocenters. The van der Waals surface area contributed by atoms with Crippen molar-refractivity contribution in [3.05, 3.63) is 46.4 Å². The molecule has 0 unspecified atom stereocenters. The van der Waals surface area contributed by atoms with Crippen LogP contribution in [-0.2, 0) is 7.05 Å². The minimum atomic E-state index is -0.332. The lowest BCUT2D eigenvalue weighted by Gasteiger charge is -2.38. The minimum absolute atomic E-state index is 0.0728. The fourth-order valence-electron chi connectivity index (χ4n) is 3.67. The standard InChI is InChI=1S/C19H26N4O3/c1-13-8-7-11-22(16(13)12-24)19(26)20-17-14(2)21(3)23(18(17)25)15-9-5-4-6-10-15/h4-6,9-10,13,16,24H,7-8,11-12H2,1-3H3,(H,20,26)/t13-,16+/m0/s1. The lowest BCUT2D eigenvalue weighted by molar-refractivity contribution is 0.0811. The average molecular weight is 358 g/mol. The summed E-state index contributed by atoms with van der Waals surface area (Å²) in [4.78, 5) is 27.3. The number of aliphatic hydroxyl groups is 1. The van der Waals surface area contributed by atoms with Crippen LogP contribution < -0.4 is 10.9 Å². The molecule has 0 spiro atoms. The molecule has 7 heteroatoms. The van der Waals surface area contributed by atoms with E-state index in [1.54, 1.807) is 23.6 Å². The Morgan fingerprint density at radius 1 is 1.31 bits per heavy atom. The molecule has 140 valence electrons. The van der Waals surface area contributed by atoms with Crippen molar-refractivity contribution in [2.24, 2.45) is 13.0 Å². The van der Waals surface area contributed by atoms with Gasteiger partial charge < -0.3 is 15.3 Å². The number of benzene rings is 1. The number of rotatable bonds is 3. The van der Waals surface area contributed by atoms with Crippen LogP contribution in [0, 0.1) is 12.8 Å². The SMILES string of the molecule is Cc1c(NC(=O)N2CCC[C@H](C)[C@H]2CO)c(=O)n(-c2ccccc2)n1C. The molecule has 2 aromatic rings. The first-order valence-corrected chi connectivity index (χ1v) is 8.98. The van der Waals surface area contributed by atoms with Crippen LogP contribution in [0.25, 0.3) is 5.69 Å². The van der Waals surface area contributed by atoms with Gasteiger partial charge in [-0.05, 0) is 37.8 Å². The number of para-hydroxylation sites is 1. The number of carbonyl (C=O) groups is 1. The van der Waals surface area contributed by atoms with Gasteiger partial charge in [0.2, 0.25) is 0 Å². The van der Waals surface area contributed by atoms with E-state index in [-0.39, 0.29) is 35.8 Å². The lowest BCUT2D eigenvalue weighted by Crippen LogP contribution is -2.51. The highest BCUT2D eigenvalue weighted by atomic mass is 16.3. The monoisotopic (exact) mass is 358 g/mol. The number of piperidine rings is 1. The molecule has 1 aromatic heterocycles. The summed E-state index contributed by atoms with van der Waals surface area (Å²) in [7, 11) is 1.79. The van der Waals surface area contributed by atoms with Gasteiger partial charge in [-0.3, -0.25) is 9.48 Å². The predicted molar refractivity (Wildman–Crippen MR) is 101 cm³/mol. The fourth-order valence-corrected chi connectivity index (χ4v) is 3.67. The molecule has 1 aliphatic heterocycles. The van der Waals surface area contributed by atoms with Gasteiger partial charge in [0.25, 0.3) is 5.56 Å². The van der Waals surface area contributed by atoms with E-state index in [0.717, 1.165) is 18.5 Å². The van der Waals surface area contributed by atoms with E-state index in [1.165, 1.54) is 4.68 Å². The molecule has 2 heterocycles. The van der Waals surface area contributed by atoms with E-state index in [1.807, 2.05) is 37.3 Å². The van der Waals surface area contributed by atoms with Crippen molar-refractivity contribution in [2.75, 3.05) is 18.5 Å². The molecule has 1 aliphatic rings. The smallest absolute Gasteiger partial charge is 0.322 e. The van der Waals surface area contributed by atoms with Gasteiger partial charge in [0, 0.05) is 13.6 Å². The highest BCUT2D eigenvalue weighted by Gasteiger charge is 2.32. The number of hydrogen-bond donors (Lipinski definition) is 2. The lowest BCUT2D eigenvalue weighted by atomic mass is 9.91. The normalized spacial score (nSPS) is 20.2. The van der Waals surface area contributed by atoms with Gasteiger partial charge in [0.15, 0.2) is 0 Å². The zero-order valence-electron chi connectivity index (χ0n) is 15.5. The maximum absolute atomic E-state index is 12.9. The maximum atomic E-state index is 12.9. The summed E-state index contributed by atoms with van der Waals surface area (Å²) in [6.45, 7) is 4.35. The largest absolute Gasteiger partial charge is 0.394 e. The van der Waals surface area contributed by atoms with Gasteiger partial charge in [-0.15, -0.1) is 0 Å². The maximum Gasteiger partial charge on any atom is 0.322 e. The summed E-state index contributed by atoms with van der Waals surface area (Å²) in [5, 5.41) is 12.4. The highest BCUT2D eigenvalue weighted by Crippen LogP contribution is 2.24. The first-order chi connectivity index (χ1) is 12.5. The van der Waals surface area contributed by atoms with Gasteiger partial charge >= 0.3 is 6.03 Å². The zero-order chi connectivity index (χ0) is 18.8. The first kappa shape index (κ1) is 18.3. The summed E-state index contributed by atoms with van der Waals surface area (Å²) >= 11 is 0. The van der Waals surface area contributed by atoms with Crippen LogP contribution in [0.1, 0.15) is 25.5 Å². The van der Waals surface area contributed by atoms with Crippen LogP contribution in [0.3, 0.4) is 0 Å². The van der Waals surface area contributed by atoms with Crippen molar-refractivity contribution in [2.45, 2.75) is 32.7 Å². The second-order valence-electron chi connectivity index (χ2n) is 6.93. The molecular formula is C19H26N4O3. The van der Waals surface area contributed by atoms with Crippen LogP contribution in [-0.4, -0.2) is 44.6 Å².